The van der Waals surface area contributed by atoms with Crippen molar-refractivity contribution in [2.45, 2.75) is 13.8 Å². The molecule has 15 heteroatoms. The van der Waals surface area contributed by atoms with Crippen LogP contribution in [0.2, 0.25) is 10.0 Å². The van der Waals surface area contributed by atoms with Crippen LogP contribution in [0.1, 0.15) is 25.0 Å². The summed E-state index contributed by atoms with van der Waals surface area (Å²) >= 11 is 25.4. The van der Waals surface area contributed by atoms with Gasteiger partial charge in [-0.1, -0.05) is 91.0 Å². The molecule has 0 bridgehead atoms. The molecule has 4 N–H and O–H groups in total. The van der Waals surface area contributed by atoms with Crippen molar-refractivity contribution in [3.8, 4) is 11.5 Å². The molecule has 0 radical (unpaired) electrons. The van der Waals surface area contributed by atoms with Gasteiger partial charge in [0.1, 0.15) is 0 Å². The van der Waals surface area contributed by atoms with Gasteiger partial charge in [0.15, 0.2) is 0 Å². The average molecular weight is 786 g/mol. The molecule has 0 aliphatic rings. The second-order valence-electron chi connectivity index (χ2n) is 6.84. The van der Waals surface area contributed by atoms with Gasteiger partial charge in [-0.05, 0) is 49.2 Å². The van der Waals surface area contributed by atoms with Gasteiger partial charge in [-0.15, -0.1) is 0 Å². The zero-order valence-electron chi connectivity index (χ0n) is 21.1. The number of aliphatic imine (C=N–C) groups is 2. The first-order valence-electron chi connectivity index (χ1n) is 11.1. The molecule has 0 heterocycles. The average Bonchev–Trinajstić information content (AvgIpc) is 2.86. The summed E-state index contributed by atoms with van der Waals surface area (Å²) in [6, 6.07) is 6.43. The third kappa shape index (κ3) is 22.3. The molecule has 8 nitrogen and oxygen atoms in total. The predicted octanol–water partition coefficient (Wildman–Crippen LogP) is 3.67. The molecule has 0 fully saturated rings. The van der Waals surface area contributed by atoms with E-state index in [1.54, 1.807) is 36.7 Å². The number of quaternary nitrogens is 2. The van der Waals surface area contributed by atoms with Crippen molar-refractivity contribution in [1.29, 1.82) is 0 Å². The van der Waals surface area contributed by atoms with Gasteiger partial charge < -0.3 is 31.7 Å². The van der Waals surface area contributed by atoms with Crippen molar-refractivity contribution < 1.29 is 37.3 Å². The largest absolute Gasteiger partial charge is 2.00 e. The minimum Gasteiger partial charge on any atom is -0.871 e. The number of rotatable bonds is 10. The molecule has 0 atom stereocenters. The molecule has 0 unspecified atom stereocenters. The molecular weight excluding hydrogens is 758 g/mol. The number of likely N-dealkylation sites (N-methyl/N-ethyl adjacent to an activating group) is 2. The molecule has 216 valence electrons. The Hall–Kier alpha value is -1.07. The zero-order valence-corrected chi connectivity index (χ0v) is 28.4. The standard InChI is InChI=1S/2C11H14BrClN2O.2CNS.Ni/c2*1-2-14-3-4-15-7-8-5-9(13)6-10(12)11(8)16;2*2-1-3;/h2*5-7,14,16H,2-4H2,1H3;;;/q;;2*-1;+2. The van der Waals surface area contributed by atoms with Crippen molar-refractivity contribution in [3.05, 3.63) is 65.2 Å². The smallest absolute Gasteiger partial charge is 0.871 e. The Balaban J connectivity index is -0.000000541. The number of thiocarbonyl (C=S) groups is 2. The number of nitrogens with two attached hydrogens (primary N) is 2. The SMILES string of the molecule is CC[NH2+]CCN=Cc1cc(Cl)cc(Br)c1[O-].CC[NH2+]CCN=Cc1cc(Cl)cc(Br)c1[O-].[N-]=C=S.[N-]=C=S.[Ni+2]. The van der Waals surface area contributed by atoms with E-state index in [0.717, 1.165) is 26.2 Å². The van der Waals surface area contributed by atoms with Gasteiger partial charge in [0.2, 0.25) is 0 Å². The van der Waals surface area contributed by atoms with Crippen LogP contribution in [-0.4, -0.2) is 62.0 Å². The Kier molecular flexibility index (Phi) is 30.9. The summed E-state index contributed by atoms with van der Waals surface area (Å²) in [5.41, 5.74) is 1.05. The van der Waals surface area contributed by atoms with E-state index in [9.17, 15) is 10.2 Å². The van der Waals surface area contributed by atoms with Crippen molar-refractivity contribution in [3.63, 3.8) is 0 Å². The maximum atomic E-state index is 11.6. The maximum absolute atomic E-state index is 11.6. The van der Waals surface area contributed by atoms with Crippen LogP contribution in [0, 0.1) is 0 Å². The number of isothiocyanates is 2. The van der Waals surface area contributed by atoms with E-state index in [1.165, 1.54) is 10.3 Å². The summed E-state index contributed by atoms with van der Waals surface area (Å²) < 4.78 is 0.947. The summed E-state index contributed by atoms with van der Waals surface area (Å²) in [5.74, 6) is -0.153. The molecule has 0 spiro atoms. The van der Waals surface area contributed by atoms with Gasteiger partial charge in [-0.2, -0.15) is 10.3 Å². The van der Waals surface area contributed by atoms with E-state index in [1.807, 2.05) is 0 Å². The summed E-state index contributed by atoms with van der Waals surface area (Å²) in [4.78, 5) is 8.37. The van der Waals surface area contributed by atoms with Gasteiger partial charge in [-0.25, -0.2) is 0 Å². The van der Waals surface area contributed by atoms with E-state index in [0.29, 0.717) is 43.2 Å². The van der Waals surface area contributed by atoms with Crippen LogP contribution in [0.5, 0.6) is 11.5 Å². The van der Waals surface area contributed by atoms with Crippen molar-refractivity contribution in [2.75, 3.05) is 39.3 Å². The first kappa shape index (κ1) is 42.4. The van der Waals surface area contributed by atoms with Crippen LogP contribution < -0.4 is 20.8 Å². The molecule has 0 aromatic heterocycles. The Morgan fingerprint density at radius 1 is 0.821 bits per heavy atom. The Morgan fingerprint density at radius 3 is 1.41 bits per heavy atom. The Bertz CT molecular complexity index is 1020. The normalized spacial score (nSPS) is 9.59. The number of hydrogen-bond donors (Lipinski definition) is 2. The number of nitrogens with zero attached hydrogens (tertiary/aromatic N) is 4. The molecule has 0 amide bonds. The fourth-order valence-corrected chi connectivity index (χ4v) is 4.09. The van der Waals surface area contributed by atoms with Gasteiger partial charge in [-0.3, -0.25) is 9.98 Å². The summed E-state index contributed by atoms with van der Waals surface area (Å²) in [6.45, 7) is 9.55. The van der Waals surface area contributed by atoms with E-state index < -0.39 is 0 Å². The van der Waals surface area contributed by atoms with Gasteiger partial charge >= 0.3 is 16.5 Å². The van der Waals surface area contributed by atoms with Gasteiger partial charge in [0.05, 0.1) is 39.3 Å². The molecule has 39 heavy (non-hydrogen) atoms. The van der Waals surface area contributed by atoms with Crippen LogP contribution in [0.4, 0.5) is 0 Å². The Labute approximate surface area is 277 Å². The third-order valence-electron chi connectivity index (χ3n) is 4.04. The Morgan fingerprint density at radius 2 is 1.13 bits per heavy atom. The van der Waals surface area contributed by atoms with E-state index in [-0.39, 0.29) is 28.0 Å². The molecule has 0 aliphatic heterocycles. The van der Waals surface area contributed by atoms with Crippen molar-refractivity contribution >= 4 is 102 Å². The molecule has 2 aromatic carbocycles. The van der Waals surface area contributed by atoms with Crippen LogP contribution in [0.25, 0.3) is 10.8 Å². The second-order valence-corrected chi connectivity index (χ2v) is 9.78. The summed E-state index contributed by atoms with van der Waals surface area (Å²) in [6.07, 6.45) is 3.17. The molecule has 0 saturated carbocycles. The molecule has 0 aliphatic carbocycles. The first-order valence-corrected chi connectivity index (χ1v) is 14.3. The van der Waals surface area contributed by atoms with Gasteiger partial charge in [0.25, 0.3) is 0 Å². The van der Waals surface area contributed by atoms with E-state index in [2.05, 4.69) is 90.8 Å². The van der Waals surface area contributed by atoms with Crippen LogP contribution in [0.3, 0.4) is 0 Å². The molecule has 2 aromatic rings. The minimum atomic E-state index is -0.0763. The minimum absolute atomic E-state index is 0. The first-order chi connectivity index (χ1) is 18.1. The summed E-state index contributed by atoms with van der Waals surface area (Å²) in [7, 11) is 0. The number of benzene rings is 2. The third-order valence-corrected chi connectivity index (χ3v) is 5.65. The van der Waals surface area contributed by atoms with E-state index in [4.69, 9.17) is 34.0 Å². The molecule has 2 rings (SSSR count). The fraction of sp³-hybridized carbons (Fsp3) is 0.333. The molecular formula is C24H28Br2Cl2N6NiO2S2. The summed E-state index contributed by atoms with van der Waals surface area (Å²) in [5, 5.41) is 45.6. The van der Waals surface area contributed by atoms with Crippen LogP contribution >= 0.6 is 79.5 Å². The topological polar surface area (TPSA) is 149 Å². The quantitative estimate of drug-likeness (QED) is 0.164. The monoisotopic (exact) mass is 782 g/mol. The zero-order chi connectivity index (χ0) is 29.3. The number of halogens is 4. The van der Waals surface area contributed by atoms with Crippen molar-refractivity contribution in [2.24, 2.45) is 9.98 Å². The van der Waals surface area contributed by atoms with Crippen molar-refractivity contribution in [1.82, 2.24) is 0 Å². The van der Waals surface area contributed by atoms with Crippen LogP contribution in [-0.2, 0) is 16.5 Å². The second kappa shape index (κ2) is 28.5. The van der Waals surface area contributed by atoms with Crippen LogP contribution in [0.15, 0.2) is 43.2 Å². The number of hydrogen-bond acceptors (Lipinski definition) is 6. The fourth-order valence-electron chi connectivity index (χ4n) is 2.42. The maximum Gasteiger partial charge on any atom is 2.00 e. The van der Waals surface area contributed by atoms with E-state index >= 15 is 0 Å². The molecule has 0 saturated heterocycles. The predicted molar refractivity (Wildman–Crippen MR) is 169 cm³/mol. The van der Waals surface area contributed by atoms with Gasteiger partial charge in [0, 0.05) is 31.4 Å².